The highest BCUT2D eigenvalue weighted by Crippen LogP contribution is 2.23. The van der Waals surface area contributed by atoms with Crippen molar-refractivity contribution in [1.82, 2.24) is 0 Å². The van der Waals surface area contributed by atoms with Gasteiger partial charge in [0.1, 0.15) is 24.9 Å². The number of unbranched alkanes of at least 4 members (excludes halogenated alkanes) is 26. The molecule has 6 atom stereocenters. The Balaban J connectivity index is 2.35. The lowest BCUT2D eigenvalue weighted by molar-refractivity contribution is -0.298. The number of aliphatic hydroxyl groups is 3. The molecule has 0 aromatic carbocycles. The van der Waals surface area contributed by atoms with E-state index in [1.807, 2.05) is 0 Å². The van der Waals surface area contributed by atoms with E-state index in [-0.39, 0.29) is 26.1 Å². The lowest BCUT2D eigenvalue weighted by atomic mass is 9.99. The van der Waals surface area contributed by atoms with Crippen LogP contribution in [0.15, 0.2) is 0 Å². The highest BCUT2D eigenvalue weighted by Gasteiger charge is 2.47. The molecule has 11 heteroatoms. The zero-order chi connectivity index (χ0) is 39.7. The van der Waals surface area contributed by atoms with Gasteiger partial charge < -0.3 is 39.4 Å². The number of carbonyl (C=O) groups excluding carboxylic acids is 2. The summed E-state index contributed by atoms with van der Waals surface area (Å²) in [6.45, 7) is 3.82. The number of carboxylic acid groups (broad SMARTS) is 1. The first-order valence-electron chi connectivity index (χ1n) is 22.1. The first-order chi connectivity index (χ1) is 26.2. The number of carbonyl (C=O) groups is 3. The van der Waals surface area contributed by atoms with E-state index in [9.17, 15) is 34.8 Å². The van der Waals surface area contributed by atoms with E-state index in [1.165, 1.54) is 128 Å². The van der Waals surface area contributed by atoms with E-state index in [0.717, 1.165) is 38.5 Å². The molecule has 0 saturated carbocycles. The molecule has 1 aliphatic heterocycles. The summed E-state index contributed by atoms with van der Waals surface area (Å²) in [6.07, 6.45) is 24.4. The molecule has 0 aromatic rings. The van der Waals surface area contributed by atoms with Gasteiger partial charge in [0.25, 0.3) is 0 Å². The summed E-state index contributed by atoms with van der Waals surface area (Å²) in [5.74, 6) is -2.43. The average Bonchev–Trinajstić information content (AvgIpc) is 3.15. The molecular weight excluding hydrogens is 692 g/mol. The average molecular weight is 773 g/mol. The van der Waals surface area contributed by atoms with Crippen LogP contribution in [0.2, 0.25) is 0 Å². The first kappa shape index (κ1) is 50.2. The third kappa shape index (κ3) is 26.1. The Morgan fingerprint density at radius 2 is 0.870 bits per heavy atom. The molecule has 1 aliphatic rings. The van der Waals surface area contributed by atoms with E-state index >= 15 is 0 Å². The van der Waals surface area contributed by atoms with Crippen molar-refractivity contribution in [3.63, 3.8) is 0 Å². The van der Waals surface area contributed by atoms with Crippen LogP contribution in [-0.4, -0.2) is 88.4 Å². The molecule has 0 aromatic heterocycles. The largest absolute Gasteiger partial charge is 0.479 e. The van der Waals surface area contributed by atoms with Crippen LogP contribution in [0.5, 0.6) is 0 Å². The van der Waals surface area contributed by atoms with Crippen LogP contribution in [0.4, 0.5) is 0 Å². The molecule has 318 valence electrons. The van der Waals surface area contributed by atoms with Gasteiger partial charge in [-0.2, -0.15) is 0 Å². The monoisotopic (exact) mass is 773 g/mol. The number of esters is 2. The summed E-state index contributed by atoms with van der Waals surface area (Å²) in [5, 5.41) is 39.7. The molecule has 1 heterocycles. The molecule has 1 saturated heterocycles. The molecule has 54 heavy (non-hydrogen) atoms. The summed E-state index contributed by atoms with van der Waals surface area (Å²) in [4.78, 5) is 36.7. The Hall–Kier alpha value is -1.79. The van der Waals surface area contributed by atoms with Crippen LogP contribution < -0.4 is 0 Å². The van der Waals surface area contributed by atoms with Crippen molar-refractivity contribution in [3.05, 3.63) is 0 Å². The Labute approximate surface area is 327 Å². The highest BCUT2D eigenvalue weighted by molar-refractivity contribution is 5.73. The smallest absolute Gasteiger partial charge is 0.335 e. The van der Waals surface area contributed by atoms with Crippen molar-refractivity contribution < 1.29 is 53.8 Å². The minimum atomic E-state index is -1.85. The Morgan fingerprint density at radius 3 is 1.26 bits per heavy atom. The zero-order valence-electron chi connectivity index (χ0n) is 34.2. The second-order valence-electron chi connectivity index (χ2n) is 15.6. The molecular formula is C43H80O11. The quantitative estimate of drug-likeness (QED) is 0.0351. The molecule has 0 spiro atoms. The van der Waals surface area contributed by atoms with E-state index in [4.69, 9.17) is 18.9 Å². The van der Waals surface area contributed by atoms with Crippen LogP contribution in [0.1, 0.15) is 206 Å². The van der Waals surface area contributed by atoms with Gasteiger partial charge in [-0.25, -0.2) is 4.79 Å². The topological polar surface area (TPSA) is 169 Å². The number of ether oxygens (including phenoxy) is 4. The molecule has 0 aliphatic carbocycles. The summed E-state index contributed by atoms with van der Waals surface area (Å²) < 4.78 is 21.7. The molecule has 4 N–H and O–H groups in total. The summed E-state index contributed by atoms with van der Waals surface area (Å²) in [5.41, 5.74) is 0. The molecule has 0 amide bonds. The normalized spacial score (nSPS) is 20.5. The van der Waals surface area contributed by atoms with Gasteiger partial charge in [0.2, 0.25) is 0 Å². The van der Waals surface area contributed by atoms with Crippen LogP contribution in [-0.2, 0) is 33.3 Å². The van der Waals surface area contributed by atoms with Gasteiger partial charge in [0.05, 0.1) is 6.61 Å². The first-order valence-corrected chi connectivity index (χ1v) is 22.1. The van der Waals surface area contributed by atoms with E-state index < -0.39 is 54.7 Å². The lowest BCUT2D eigenvalue weighted by Gasteiger charge is -2.38. The van der Waals surface area contributed by atoms with Gasteiger partial charge in [0.15, 0.2) is 18.5 Å². The second kappa shape index (κ2) is 34.5. The van der Waals surface area contributed by atoms with Gasteiger partial charge in [0, 0.05) is 12.8 Å². The van der Waals surface area contributed by atoms with Crippen LogP contribution in [0, 0.1) is 0 Å². The van der Waals surface area contributed by atoms with Crippen LogP contribution in [0.3, 0.4) is 0 Å². The van der Waals surface area contributed by atoms with Crippen molar-refractivity contribution >= 4 is 17.9 Å². The molecule has 11 nitrogen and oxygen atoms in total. The SMILES string of the molecule is CCCCCCCCCCCCCCCCCCC(=O)OCC(COC1OC(C(=O)O)C(O)C(O)C1O)OC(=O)CCCCCCCCCCCCCC. The highest BCUT2D eigenvalue weighted by atomic mass is 16.7. The van der Waals surface area contributed by atoms with Gasteiger partial charge in [-0.15, -0.1) is 0 Å². The minimum absolute atomic E-state index is 0.190. The number of rotatable bonds is 37. The molecule has 1 rings (SSSR count). The van der Waals surface area contributed by atoms with Crippen LogP contribution in [0.25, 0.3) is 0 Å². The van der Waals surface area contributed by atoms with E-state index in [0.29, 0.717) is 12.8 Å². The number of carboxylic acids is 1. The second-order valence-corrected chi connectivity index (χ2v) is 15.6. The predicted octanol–water partition coefficient (Wildman–Crippen LogP) is 9.09. The van der Waals surface area contributed by atoms with Crippen molar-refractivity contribution in [2.45, 2.75) is 243 Å². The number of hydrogen-bond donors (Lipinski definition) is 4. The van der Waals surface area contributed by atoms with E-state index in [1.54, 1.807) is 0 Å². The Morgan fingerprint density at radius 1 is 0.500 bits per heavy atom. The molecule has 0 radical (unpaired) electrons. The molecule has 6 unspecified atom stereocenters. The fraction of sp³-hybridized carbons (Fsp3) is 0.930. The number of hydrogen-bond acceptors (Lipinski definition) is 10. The fourth-order valence-electron chi connectivity index (χ4n) is 6.94. The van der Waals surface area contributed by atoms with Gasteiger partial charge >= 0.3 is 17.9 Å². The van der Waals surface area contributed by atoms with Gasteiger partial charge in [-0.1, -0.05) is 181 Å². The maximum absolute atomic E-state index is 12.7. The fourth-order valence-corrected chi connectivity index (χ4v) is 6.94. The van der Waals surface area contributed by atoms with Crippen molar-refractivity contribution in [2.24, 2.45) is 0 Å². The van der Waals surface area contributed by atoms with Gasteiger partial charge in [-0.05, 0) is 12.8 Å². The maximum Gasteiger partial charge on any atom is 0.335 e. The predicted molar refractivity (Wildman–Crippen MR) is 211 cm³/mol. The van der Waals surface area contributed by atoms with Crippen molar-refractivity contribution in [2.75, 3.05) is 13.2 Å². The standard InChI is InChI=1S/C43H80O11/c1-3-5-7-9-11-13-15-17-18-19-20-22-23-25-27-29-31-36(44)51-33-35(34-52-43-40(48)38(46)39(47)41(54-43)42(49)50)53-37(45)32-30-28-26-24-21-16-14-12-10-8-6-4-2/h35,38-41,43,46-48H,3-34H2,1-2H3,(H,49,50). The molecule has 1 fully saturated rings. The maximum atomic E-state index is 12.7. The van der Waals surface area contributed by atoms with Crippen molar-refractivity contribution in [1.29, 1.82) is 0 Å². The lowest BCUT2D eigenvalue weighted by Crippen LogP contribution is -2.60. The minimum Gasteiger partial charge on any atom is -0.479 e. The third-order valence-corrected chi connectivity index (χ3v) is 10.5. The summed E-state index contributed by atoms with van der Waals surface area (Å²) in [6, 6.07) is 0. The summed E-state index contributed by atoms with van der Waals surface area (Å²) >= 11 is 0. The third-order valence-electron chi connectivity index (χ3n) is 10.5. The Kier molecular flexibility index (Phi) is 32.1. The van der Waals surface area contributed by atoms with Crippen molar-refractivity contribution in [3.8, 4) is 0 Å². The van der Waals surface area contributed by atoms with Crippen LogP contribution >= 0.6 is 0 Å². The zero-order valence-corrected chi connectivity index (χ0v) is 34.2. The van der Waals surface area contributed by atoms with Gasteiger partial charge in [-0.3, -0.25) is 9.59 Å². The molecule has 0 bridgehead atoms. The number of aliphatic carboxylic acids is 1. The summed E-state index contributed by atoms with van der Waals surface area (Å²) in [7, 11) is 0. The Bertz CT molecular complexity index is 916. The number of aliphatic hydroxyl groups excluding tert-OH is 3. The van der Waals surface area contributed by atoms with E-state index in [2.05, 4.69) is 13.8 Å².